The van der Waals surface area contributed by atoms with Crippen molar-refractivity contribution in [2.45, 2.75) is 27.2 Å². The summed E-state index contributed by atoms with van der Waals surface area (Å²) in [6, 6.07) is 15.1. The second-order valence-corrected chi connectivity index (χ2v) is 9.93. The first-order chi connectivity index (χ1) is 19.3. The van der Waals surface area contributed by atoms with Crippen LogP contribution in [0, 0.1) is 26.7 Å². The summed E-state index contributed by atoms with van der Waals surface area (Å²) in [6.07, 6.45) is 3.28. The van der Waals surface area contributed by atoms with Gasteiger partial charge in [0.05, 0.1) is 36.0 Å². The van der Waals surface area contributed by atoms with E-state index in [1.165, 1.54) is 11.9 Å². The molecule has 3 aromatic heterocycles. The average molecular weight is 537 g/mol. The van der Waals surface area contributed by atoms with Crippen molar-refractivity contribution in [2.24, 2.45) is 5.92 Å². The lowest BCUT2D eigenvalue weighted by molar-refractivity contribution is -0.122. The zero-order valence-electron chi connectivity index (χ0n) is 22.6. The van der Waals surface area contributed by atoms with Crippen molar-refractivity contribution in [1.29, 1.82) is 0 Å². The number of methoxy groups -OCH3 is 1. The zero-order chi connectivity index (χ0) is 28.0. The highest BCUT2D eigenvalue weighted by Crippen LogP contribution is 2.29. The summed E-state index contributed by atoms with van der Waals surface area (Å²) in [7, 11) is 1.59. The van der Waals surface area contributed by atoms with E-state index in [1.807, 2.05) is 31.2 Å². The van der Waals surface area contributed by atoms with Crippen LogP contribution in [0.15, 0.2) is 61.1 Å². The highest BCUT2D eigenvalue weighted by molar-refractivity contribution is 6.03. The van der Waals surface area contributed by atoms with E-state index >= 15 is 0 Å². The van der Waals surface area contributed by atoms with E-state index in [0.717, 1.165) is 16.9 Å². The first-order valence-electron chi connectivity index (χ1n) is 12.9. The van der Waals surface area contributed by atoms with Crippen LogP contribution in [0.5, 0.6) is 5.75 Å². The minimum absolute atomic E-state index is 0.105. The molecular formula is C29H28N8O3. The van der Waals surface area contributed by atoms with Gasteiger partial charge in [-0.3, -0.25) is 9.59 Å². The Labute approximate surface area is 230 Å². The number of carbonyl (C=O) groups excluding carboxylic acids is 2. The molecule has 1 N–H and O–H groups in total. The number of hydrogen-bond donors (Lipinski definition) is 1. The Morgan fingerprint density at radius 2 is 1.75 bits per heavy atom. The van der Waals surface area contributed by atoms with Crippen LogP contribution in [-0.4, -0.2) is 55.0 Å². The number of rotatable bonds is 6. The van der Waals surface area contributed by atoms with Crippen molar-refractivity contribution in [3.63, 3.8) is 0 Å². The Balaban J connectivity index is 1.27. The van der Waals surface area contributed by atoms with Gasteiger partial charge in [-0.25, -0.2) is 14.6 Å². The zero-order valence-corrected chi connectivity index (χ0v) is 22.6. The molecule has 11 nitrogen and oxygen atoms in total. The fraction of sp³-hybridized carbons (Fsp3) is 0.241. The summed E-state index contributed by atoms with van der Waals surface area (Å²) in [6.45, 7) is 6.24. The second kappa shape index (κ2) is 9.92. The number of nitrogens with zero attached hydrogens (tertiary/aromatic N) is 7. The number of ether oxygens (including phenoxy) is 1. The molecule has 1 fully saturated rings. The van der Waals surface area contributed by atoms with Crippen molar-refractivity contribution in [1.82, 2.24) is 29.5 Å². The monoisotopic (exact) mass is 536 g/mol. The predicted molar refractivity (Wildman–Crippen MR) is 150 cm³/mol. The maximum absolute atomic E-state index is 13.3. The number of aromatic nitrogens is 6. The van der Waals surface area contributed by atoms with Gasteiger partial charge in [0.1, 0.15) is 17.9 Å². The molecule has 1 atom stereocenters. The smallest absolute Gasteiger partial charge is 0.230 e. The molecule has 0 bridgehead atoms. The molecule has 2 aromatic carbocycles. The molecule has 11 heteroatoms. The topological polar surface area (TPSA) is 120 Å². The SMILES string of the molecule is COc1ccc(N2CC(C(=O)Nc3cc(C)nn3-c3ncnc4c3cnn4-c3ccc(C)c(C)c3)CC2=O)cc1. The molecule has 0 aliphatic carbocycles. The Morgan fingerprint density at radius 3 is 2.50 bits per heavy atom. The number of fused-ring (bicyclic) bond motifs is 1. The fourth-order valence-electron chi connectivity index (χ4n) is 4.92. The summed E-state index contributed by atoms with van der Waals surface area (Å²) in [5.41, 5.74) is 5.28. The minimum Gasteiger partial charge on any atom is -0.497 e. The average Bonchev–Trinajstić information content (AvgIpc) is 3.66. The van der Waals surface area contributed by atoms with Crippen LogP contribution in [0.4, 0.5) is 11.5 Å². The Morgan fingerprint density at radius 1 is 0.975 bits per heavy atom. The van der Waals surface area contributed by atoms with Gasteiger partial charge in [-0.15, -0.1) is 0 Å². The molecule has 1 aliphatic heterocycles. The van der Waals surface area contributed by atoms with Crippen LogP contribution in [-0.2, 0) is 9.59 Å². The highest BCUT2D eigenvalue weighted by Gasteiger charge is 2.35. The first-order valence-corrected chi connectivity index (χ1v) is 12.9. The van der Waals surface area contributed by atoms with Crippen molar-refractivity contribution in [3.8, 4) is 17.3 Å². The van der Waals surface area contributed by atoms with Gasteiger partial charge in [0, 0.05) is 24.7 Å². The molecular weight excluding hydrogens is 508 g/mol. The van der Waals surface area contributed by atoms with Crippen molar-refractivity contribution in [2.75, 3.05) is 23.9 Å². The van der Waals surface area contributed by atoms with E-state index in [2.05, 4.69) is 45.4 Å². The lowest BCUT2D eigenvalue weighted by atomic mass is 10.1. The van der Waals surface area contributed by atoms with Gasteiger partial charge in [0.25, 0.3) is 0 Å². The third-order valence-electron chi connectivity index (χ3n) is 7.24. The molecule has 1 saturated heterocycles. The summed E-state index contributed by atoms with van der Waals surface area (Å²) in [5, 5.41) is 12.8. The van der Waals surface area contributed by atoms with E-state index in [1.54, 1.807) is 45.8 Å². The van der Waals surface area contributed by atoms with Crippen molar-refractivity contribution >= 4 is 34.4 Å². The van der Waals surface area contributed by atoms with Crippen LogP contribution in [0.25, 0.3) is 22.5 Å². The number of amides is 2. The summed E-state index contributed by atoms with van der Waals surface area (Å²) in [4.78, 5) is 36.7. The standard InChI is InChI=1S/C29H28N8O3/c1-17-5-6-22(11-18(17)2)36-27-24(14-32-36)28(31-16-30-27)37-25(12-19(3)34-37)33-29(39)20-13-26(38)35(15-20)21-7-9-23(40-4)10-8-21/h5-12,14,16,20H,13,15H2,1-4H3,(H,33,39). The third-order valence-corrected chi connectivity index (χ3v) is 7.24. The van der Waals surface area contributed by atoms with Crippen LogP contribution < -0.4 is 15.0 Å². The number of anilines is 2. The Kier molecular flexibility index (Phi) is 6.25. The van der Waals surface area contributed by atoms with Gasteiger partial charge in [0.2, 0.25) is 11.8 Å². The maximum atomic E-state index is 13.3. The van der Waals surface area contributed by atoms with E-state index in [9.17, 15) is 9.59 Å². The number of benzene rings is 2. The van der Waals surface area contributed by atoms with E-state index in [0.29, 0.717) is 34.1 Å². The van der Waals surface area contributed by atoms with Crippen molar-refractivity contribution in [3.05, 3.63) is 77.9 Å². The summed E-state index contributed by atoms with van der Waals surface area (Å²) < 4.78 is 8.55. The molecule has 0 spiro atoms. The molecule has 4 heterocycles. The normalized spacial score (nSPS) is 15.2. The lowest BCUT2D eigenvalue weighted by Crippen LogP contribution is -2.28. The molecule has 1 aliphatic rings. The molecule has 0 radical (unpaired) electrons. The molecule has 202 valence electrons. The van der Waals surface area contributed by atoms with Gasteiger partial charge in [0.15, 0.2) is 11.5 Å². The minimum atomic E-state index is -0.517. The Bertz CT molecular complexity index is 1760. The van der Waals surface area contributed by atoms with E-state index in [-0.39, 0.29) is 24.8 Å². The first kappa shape index (κ1) is 25.2. The molecule has 5 aromatic rings. The van der Waals surface area contributed by atoms with Crippen LogP contribution in [0.1, 0.15) is 23.2 Å². The third kappa shape index (κ3) is 4.45. The predicted octanol–water partition coefficient (Wildman–Crippen LogP) is 3.93. The van der Waals surface area contributed by atoms with Gasteiger partial charge in [-0.1, -0.05) is 6.07 Å². The van der Waals surface area contributed by atoms with Crippen LogP contribution in [0.3, 0.4) is 0 Å². The lowest BCUT2D eigenvalue weighted by Gasteiger charge is -2.17. The fourth-order valence-corrected chi connectivity index (χ4v) is 4.92. The van der Waals surface area contributed by atoms with Crippen molar-refractivity contribution < 1.29 is 14.3 Å². The quantitative estimate of drug-likeness (QED) is 0.349. The second-order valence-electron chi connectivity index (χ2n) is 9.93. The van der Waals surface area contributed by atoms with Gasteiger partial charge < -0.3 is 15.0 Å². The molecule has 40 heavy (non-hydrogen) atoms. The van der Waals surface area contributed by atoms with E-state index in [4.69, 9.17) is 4.74 Å². The Hall–Kier alpha value is -5.06. The van der Waals surface area contributed by atoms with Gasteiger partial charge >= 0.3 is 0 Å². The number of carbonyl (C=O) groups is 2. The van der Waals surface area contributed by atoms with E-state index < -0.39 is 5.92 Å². The summed E-state index contributed by atoms with van der Waals surface area (Å²) in [5.74, 6) is 0.762. The molecule has 1 unspecified atom stereocenters. The maximum Gasteiger partial charge on any atom is 0.230 e. The molecule has 0 saturated carbocycles. The van der Waals surface area contributed by atoms with Gasteiger partial charge in [-0.2, -0.15) is 14.9 Å². The summed E-state index contributed by atoms with van der Waals surface area (Å²) >= 11 is 0. The number of hydrogen-bond acceptors (Lipinski definition) is 7. The number of aryl methyl sites for hydroxylation is 3. The molecule has 6 rings (SSSR count). The van der Waals surface area contributed by atoms with Gasteiger partial charge in [-0.05, 0) is 68.3 Å². The number of nitrogens with one attached hydrogen (secondary N) is 1. The van der Waals surface area contributed by atoms with Crippen LogP contribution >= 0.6 is 0 Å². The largest absolute Gasteiger partial charge is 0.497 e. The highest BCUT2D eigenvalue weighted by atomic mass is 16.5. The van der Waals surface area contributed by atoms with Crippen LogP contribution in [0.2, 0.25) is 0 Å². The molecule has 2 amide bonds.